The summed E-state index contributed by atoms with van der Waals surface area (Å²) in [5, 5.41) is 8.85. The van der Waals surface area contributed by atoms with Gasteiger partial charge < -0.3 is 14.6 Å². The molecule has 5 nitrogen and oxygen atoms in total. The van der Waals surface area contributed by atoms with Gasteiger partial charge >= 0.3 is 5.97 Å². The van der Waals surface area contributed by atoms with Gasteiger partial charge in [0.1, 0.15) is 24.2 Å². The summed E-state index contributed by atoms with van der Waals surface area (Å²) in [6.07, 6.45) is 5.72. The average molecular weight is 505 g/mol. The smallest absolute Gasteiger partial charge is 0.303 e. The fourth-order valence-corrected chi connectivity index (χ4v) is 6.27. The number of aryl methyl sites for hydroxylation is 3. The van der Waals surface area contributed by atoms with E-state index < -0.39 is 16.8 Å². The average Bonchev–Trinajstić information content (AvgIpc) is 3.07. The minimum absolute atomic E-state index is 0.132. The Balaban J connectivity index is 1.27. The van der Waals surface area contributed by atoms with Gasteiger partial charge in [-0.15, -0.1) is 0 Å². The van der Waals surface area contributed by atoms with Crippen molar-refractivity contribution in [1.29, 1.82) is 0 Å². The number of carboxylic acid groups (broad SMARTS) is 1. The van der Waals surface area contributed by atoms with Crippen LogP contribution in [0.5, 0.6) is 11.5 Å². The van der Waals surface area contributed by atoms with E-state index in [1.54, 1.807) is 0 Å². The zero-order valence-corrected chi connectivity index (χ0v) is 21.2. The third kappa shape index (κ3) is 6.16. The zero-order valence-electron chi connectivity index (χ0n) is 20.4. The number of hydrogen-bond acceptors (Lipinski definition) is 4. The summed E-state index contributed by atoms with van der Waals surface area (Å²) in [5.74, 6) is 2.39. The number of carboxylic acids is 1. The minimum Gasteiger partial charge on any atom is -0.490 e. The first-order chi connectivity index (χ1) is 17.5. The van der Waals surface area contributed by atoms with Gasteiger partial charge in [0.25, 0.3) is 0 Å². The van der Waals surface area contributed by atoms with Crippen LogP contribution in [0.4, 0.5) is 0 Å². The monoisotopic (exact) mass is 504 g/mol. The van der Waals surface area contributed by atoms with Gasteiger partial charge in [0.2, 0.25) is 0 Å². The lowest BCUT2D eigenvalue weighted by Crippen LogP contribution is -2.27. The molecule has 3 aromatic carbocycles. The number of carbonyl (C=O) groups is 1. The van der Waals surface area contributed by atoms with Crippen molar-refractivity contribution in [1.82, 2.24) is 0 Å². The Morgan fingerprint density at radius 3 is 2.36 bits per heavy atom. The summed E-state index contributed by atoms with van der Waals surface area (Å²) < 4.78 is 23.9. The summed E-state index contributed by atoms with van der Waals surface area (Å²) in [6.45, 7) is 0.474. The lowest BCUT2D eigenvalue weighted by atomic mass is 9.95. The van der Waals surface area contributed by atoms with Crippen molar-refractivity contribution in [3.05, 3.63) is 82.9 Å². The first-order valence-electron chi connectivity index (χ1n) is 12.7. The normalized spacial score (nSPS) is 19.0. The Kier molecular flexibility index (Phi) is 7.71. The number of fused-ring (bicyclic) bond motifs is 3. The number of ether oxygens (including phenoxy) is 2. The highest BCUT2D eigenvalue weighted by atomic mass is 32.2. The highest BCUT2D eigenvalue weighted by molar-refractivity contribution is 7.85. The SMILES string of the molecule is O=C(O)CCc1ccc(OCc2ccc3c(c2)-c2ccc(OC4CCS(=O)CC4)cc2CCC3)cc1. The van der Waals surface area contributed by atoms with Crippen molar-refractivity contribution in [2.24, 2.45) is 0 Å². The lowest BCUT2D eigenvalue weighted by Gasteiger charge is -2.23. The second-order valence-corrected chi connectivity index (χ2v) is 11.4. The molecule has 0 bridgehead atoms. The maximum absolute atomic E-state index is 11.6. The van der Waals surface area contributed by atoms with E-state index in [0.29, 0.717) is 13.0 Å². The molecule has 6 heteroatoms. The predicted molar refractivity (Wildman–Crippen MR) is 142 cm³/mol. The Morgan fingerprint density at radius 1 is 0.861 bits per heavy atom. The molecule has 188 valence electrons. The van der Waals surface area contributed by atoms with E-state index in [9.17, 15) is 9.00 Å². The van der Waals surface area contributed by atoms with Crippen LogP contribution in [0, 0.1) is 0 Å². The Hall–Kier alpha value is -3.12. The highest BCUT2D eigenvalue weighted by Crippen LogP contribution is 2.36. The molecule has 5 rings (SSSR count). The van der Waals surface area contributed by atoms with E-state index in [0.717, 1.165) is 66.2 Å². The summed E-state index contributed by atoms with van der Waals surface area (Å²) in [6, 6.07) is 20.8. The summed E-state index contributed by atoms with van der Waals surface area (Å²) >= 11 is 0. The molecule has 2 aliphatic rings. The number of benzene rings is 3. The third-order valence-corrected chi connectivity index (χ3v) is 8.41. The van der Waals surface area contributed by atoms with Crippen LogP contribution in [-0.4, -0.2) is 32.9 Å². The summed E-state index contributed by atoms with van der Waals surface area (Å²) in [5.41, 5.74) is 7.33. The fourth-order valence-electron chi connectivity index (χ4n) is 5.02. The standard InChI is InChI=1S/C30H32O5S/c31-30(32)13-7-21-5-9-25(10-6-21)34-20-22-4-8-23-2-1-3-24-19-27(11-12-28(24)29(23)18-22)35-26-14-16-36(33)17-15-26/h4-6,8-12,18-19,26H,1-3,7,13-17,20H2,(H,31,32). The summed E-state index contributed by atoms with van der Waals surface area (Å²) in [4.78, 5) is 10.8. The molecular weight excluding hydrogens is 472 g/mol. The minimum atomic E-state index is -0.785. The molecule has 0 atom stereocenters. The van der Waals surface area contributed by atoms with Crippen molar-refractivity contribution in [3.63, 3.8) is 0 Å². The van der Waals surface area contributed by atoms with Crippen LogP contribution >= 0.6 is 0 Å². The highest BCUT2D eigenvalue weighted by Gasteiger charge is 2.21. The van der Waals surface area contributed by atoms with Crippen LogP contribution in [0.1, 0.15) is 47.9 Å². The van der Waals surface area contributed by atoms with Gasteiger partial charge in [-0.1, -0.05) is 30.3 Å². The molecule has 1 saturated heterocycles. The van der Waals surface area contributed by atoms with Crippen molar-refractivity contribution in [3.8, 4) is 22.6 Å². The van der Waals surface area contributed by atoms with Crippen LogP contribution in [0.15, 0.2) is 60.7 Å². The fraction of sp³-hybridized carbons (Fsp3) is 0.367. The molecule has 0 radical (unpaired) electrons. The topological polar surface area (TPSA) is 72.8 Å². The number of hydrogen-bond donors (Lipinski definition) is 1. The molecule has 0 aromatic heterocycles. The Labute approximate surface area is 214 Å². The first kappa shape index (κ1) is 24.6. The molecule has 36 heavy (non-hydrogen) atoms. The molecule has 0 amide bonds. The summed E-state index contributed by atoms with van der Waals surface area (Å²) in [7, 11) is -0.678. The molecular formula is C30H32O5S. The molecule has 0 spiro atoms. The van der Waals surface area contributed by atoms with Crippen molar-refractivity contribution >= 4 is 16.8 Å². The predicted octanol–water partition coefficient (Wildman–Crippen LogP) is 5.73. The van der Waals surface area contributed by atoms with Crippen LogP contribution < -0.4 is 9.47 Å². The molecule has 1 N–H and O–H groups in total. The van der Waals surface area contributed by atoms with E-state index in [-0.39, 0.29) is 12.5 Å². The van der Waals surface area contributed by atoms with Crippen molar-refractivity contribution < 1.29 is 23.6 Å². The molecule has 0 saturated carbocycles. The molecule has 0 unspecified atom stereocenters. The third-order valence-electron chi connectivity index (χ3n) is 7.03. The van der Waals surface area contributed by atoms with Gasteiger partial charge in [-0.25, -0.2) is 0 Å². The van der Waals surface area contributed by atoms with Crippen LogP contribution in [0.3, 0.4) is 0 Å². The van der Waals surface area contributed by atoms with E-state index in [4.69, 9.17) is 14.6 Å². The van der Waals surface area contributed by atoms with Gasteiger partial charge in [0, 0.05) is 28.7 Å². The van der Waals surface area contributed by atoms with Gasteiger partial charge in [0.15, 0.2) is 0 Å². The molecule has 1 fully saturated rings. The Bertz CT molecular complexity index is 1240. The number of rotatable bonds is 8. The van der Waals surface area contributed by atoms with Crippen LogP contribution in [0.2, 0.25) is 0 Å². The van der Waals surface area contributed by atoms with E-state index in [1.165, 1.54) is 22.3 Å². The van der Waals surface area contributed by atoms with Gasteiger partial charge in [-0.3, -0.25) is 9.00 Å². The van der Waals surface area contributed by atoms with Crippen LogP contribution in [-0.2, 0) is 41.5 Å². The second-order valence-electron chi connectivity index (χ2n) is 9.66. The maximum Gasteiger partial charge on any atom is 0.303 e. The van der Waals surface area contributed by atoms with Gasteiger partial charge in [0.05, 0.1) is 0 Å². The van der Waals surface area contributed by atoms with Gasteiger partial charge in [-0.05, 0) is 102 Å². The molecule has 1 heterocycles. The van der Waals surface area contributed by atoms with E-state index in [1.807, 2.05) is 24.3 Å². The maximum atomic E-state index is 11.6. The van der Waals surface area contributed by atoms with E-state index >= 15 is 0 Å². The second kappa shape index (κ2) is 11.3. The molecule has 1 aliphatic carbocycles. The van der Waals surface area contributed by atoms with E-state index in [2.05, 4.69) is 36.4 Å². The largest absolute Gasteiger partial charge is 0.490 e. The lowest BCUT2D eigenvalue weighted by molar-refractivity contribution is -0.136. The van der Waals surface area contributed by atoms with Crippen molar-refractivity contribution in [2.45, 2.75) is 57.7 Å². The Morgan fingerprint density at radius 2 is 1.58 bits per heavy atom. The van der Waals surface area contributed by atoms with Crippen molar-refractivity contribution in [2.75, 3.05) is 11.5 Å². The molecule has 1 aliphatic heterocycles. The zero-order chi connectivity index (χ0) is 24.9. The van der Waals surface area contributed by atoms with Gasteiger partial charge in [-0.2, -0.15) is 0 Å². The molecule has 3 aromatic rings. The number of aliphatic carboxylic acids is 1. The van der Waals surface area contributed by atoms with Crippen LogP contribution in [0.25, 0.3) is 11.1 Å². The first-order valence-corrected chi connectivity index (χ1v) is 14.2. The quantitative estimate of drug-likeness (QED) is 0.424.